The summed E-state index contributed by atoms with van der Waals surface area (Å²) in [6.07, 6.45) is 8.06. The lowest BCUT2D eigenvalue weighted by Crippen LogP contribution is -2.25. The maximum atomic E-state index is 14.2. The van der Waals surface area contributed by atoms with Crippen molar-refractivity contribution in [1.29, 1.82) is 5.26 Å². The number of allylic oxidation sites excluding steroid dienone is 2. The van der Waals surface area contributed by atoms with Crippen LogP contribution in [0.4, 0.5) is 4.39 Å². The smallest absolute Gasteiger partial charge is 0.314 e. The van der Waals surface area contributed by atoms with E-state index in [0.717, 1.165) is 19.3 Å². The zero-order valence-electron chi connectivity index (χ0n) is 13.1. The first-order chi connectivity index (χ1) is 11.0. The number of carboxylic acid groups (broad SMARTS) is 1. The molecule has 0 bridgehead atoms. The quantitative estimate of drug-likeness (QED) is 0.618. The highest BCUT2D eigenvalue weighted by Crippen LogP contribution is 2.45. The molecule has 4 heteroatoms. The molecule has 0 heterocycles. The van der Waals surface area contributed by atoms with Crippen LogP contribution >= 0.6 is 0 Å². The number of hydrogen-bond donors (Lipinski definition) is 1. The molecule has 0 aliphatic heterocycles. The van der Waals surface area contributed by atoms with Crippen LogP contribution in [0.15, 0.2) is 42.5 Å². The molecule has 0 fully saturated rings. The Kier molecular flexibility index (Phi) is 5.33. The zero-order valence-corrected chi connectivity index (χ0v) is 13.1. The lowest BCUT2D eigenvalue weighted by molar-refractivity contribution is -0.138. The van der Waals surface area contributed by atoms with Crippen LogP contribution in [0.3, 0.4) is 0 Å². The van der Waals surface area contributed by atoms with E-state index < -0.39 is 23.1 Å². The summed E-state index contributed by atoms with van der Waals surface area (Å²) >= 11 is 0. The van der Waals surface area contributed by atoms with Crippen molar-refractivity contribution in [2.24, 2.45) is 11.3 Å². The fourth-order valence-corrected chi connectivity index (χ4v) is 2.93. The van der Waals surface area contributed by atoms with Gasteiger partial charge in [-0.15, -0.1) is 0 Å². The fourth-order valence-electron chi connectivity index (χ4n) is 2.93. The molecule has 1 N–H and O–H groups in total. The van der Waals surface area contributed by atoms with Crippen molar-refractivity contribution < 1.29 is 14.3 Å². The SMILES string of the molecule is CCCCCC1(C#N)C=CC(C(=O)O)C=C1c1ccccc1F. The van der Waals surface area contributed by atoms with Gasteiger partial charge in [0.05, 0.1) is 12.0 Å². The Bertz CT molecular complexity index is 687. The average Bonchev–Trinajstić information content (AvgIpc) is 2.55. The van der Waals surface area contributed by atoms with E-state index in [1.165, 1.54) is 18.2 Å². The lowest BCUT2D eigenvalue weighted by atomic mass is 9.70. The summed E-state index contributed by atoms with van der Waals surface area (Å²) in [6, 6.07) is 8.51. The van der Waals surface area contributed by atoms with Crippen LogP contribution in [0, 0.1) is 28.5 Å². The van der Waals surface area contributed by atoms with Gasteiger partial charge in [-0.2, -0.15) is 5.26 Å². The third kappa shape index (κ3) is 3.50. The molecule has 0 radical (unpaired) electrons. The maximum absolute atomic E-state index is 14.2. The highest BCUT2D eigenvalue weighted by Gasteiger charge is 2.37. The Morgan fingerprint density at radius 3 is 2.74 bits per heavy atom. The first kappa shape index (κ1) is 17.0. The molecular weight excluding hydrogens is 293 g/mol. The van der Waals surface area contributed by atoms with Gasteiger partial charge in [0.25, 0.3) is 0 Å². The minimum Gasteiger partial charge on any atom is -0.481 e. The predicted molar refractivity (Wildman–Crippen MR) is 86.8 cm³/mol. The van der Waals surface area contributed by atoms with Gasteiger partial charge in [-0.3, -0.25) is 4.79 Å². The summed E-state index contributed by atoms with van der Waals surface area (Å²) in [5, 5.41) is 19.0. The van der Waals surface area contributed by atoms with E-state index in [9.17, 15) is 19.6 Å². The number of aliphatic carboxylic acids is 1. The van der Waals surface area contributed by atoms with Gasteiger partial charge in [0.2, 0.25) is 0 Å². The number of carbonyl (C=O) groups is 1. The van der Waals surface area contributed by atoms with Gasteiger partial charge < -0.3 is 5.11 Å². The molecule has 0 spiro atoms. The van der Waals surface area contributed by atoms with E-state index in [2.05, 4.69) is 13.0 Å². The number of unbranched alkanes of at least 4 members (excludes halogenated alkanes) is 2. The maximum Gasteiger partial charge on any atom is 0.314 e. The molecule has 0 saturated carbocycles. The average molecular weight is 313 g/mol. The summed E-state index contributed by atoms with van der Waals surface area (Å²) in [7, 11) is 0. The number of nitrogens with zero attached hydrogens (tertiary/aromatic N) is 1. The van der Waals surface area contributed by atoms with E-state index in [4.69, 9.17) is 0 Å². The van der Waals surface area contributed by atoms with Gasteiger partial charge in [0.1, 0.15) is 11.2 Å². The number of carboxylic acids is 1. The molecule has 120 valence electrons. The Hall–Kier alpha value is -2.41. The Morgan fingerprint density at radius 2 is 2.13 bits per heavy atom. The molecule has 2 unspecified atom stereocenters. The normalized spacial score (nSPS) is 23.2. The molecule has 23 heavy (non-hydrogen) atoms. The van der Waals surface area contributed by atoms with Crippen molar-refractivity contribution in [2.75, 3.05) is 0 Å². The number of hydrogen-bond acceptors (Lipinski definition) is 2. The molecule has 2 rings (SSSR count). The Balaban J connectivity index is 2.50. The standard InChI is InChI=1S/C19H20FNO2/c1-2-3-6-10-19(13-21)11-9-14(18(22)23)12-16(19)15-7-4-5-8-17(15)20/h4-5,7-9,11-12,14H,2-3,6,10H2,1H3,(H,22,23). The third-order valence-corrected chi connectivity index (χ3v) is 4.24. The van der Waals surface area contributed by atoms with Crippen molar-refractivity contribution >= 4 is 11.5 Å². The van der Waals surface area contributed by atoms with Crippen molar-refractivity contribution in [3.8, 4) is 6.07 Å². The van der Waals surface area contributed by atoms with Crippen LogP contribution < -0.4 is 0 Å². The molecule has 0 aromatic heterocycles. The summed E-state index contributed by atoms with van der Waals surface area (Å²) < 4.78 is 14.2. The van der Waals surface area contributed by atoms with Crippen molar-refractivity contribution in [2.45, 2.75) is 32.6 Å². The van der Waals surface area contributed by atoms with E-state index >= 15 is 0 Å². The molecule has 3 nitrogen and oxygen atoms in total. The number of nitriles is 1. The van der Waals surface area contributed by atoms with Crippen molar-refractivity contribution in [1.82, 2.24) is 0 Å². The van der Waals surface area contributed by atoms with Gasteiger partial charge >= 0.3 is 5.97 Å². The van der Waals surface area contributed by atoms with Gasteiger partial charge in [0.15, 0.2) is 0 Å². The second kappa shape index (κ2) is 7.23. The third-order valence-electron chi connectivity index (χ3n) is 4.24. The van der Waals surface area contributed by atoms with Crippen molar-refractivity contribution in [3.63, 3.8) is 0 Å². The molecular formula is C19H20FNO2. The Labute approximate surface area is 135 Å². The molecule has 1 aromatic carbocycles. The highest BCUT2D eigenvalue weighted by molar-refractivity contribution is 5.84. The van der Waals surface area contributed by atoms with E-state index in [1.807, 2.05) is 0 Å². The minimum absolute atomic E-state index is 0.307. The molecule has 0 saturated heterocycles. The van der Waals surface area contributed by atoms with Gasteiger partial charge in [-0.05, 0) is 18.1 Å². The van der Waals surface area contributed by atoms with Crippen molar-refractivity contribution in [3.05, 3.63) is 53.9 Å². The van der Waals surface area contributed by atoms with Crippen LogP contribution in [0.1, 0.15) is 38.2 Å². The largest absolute Gasteiger partial charge is 0.481 e. The van der Waals surface area contributed by atoms with Crippen LogP contribution in [0.2, 0.25) is 0 Å². The fraction of sp³-hybridized carbons (Fsp3) is 0.368. The topological polar surface area (TPSA) is 61.1 Å². The Morgan fingerprint density at radius 1 is 1.39 bits per heavy atom. The highest BCUT2D eigenvalue weighted by atomic mass is 19.1. The van der Waals surface area contributed by atoms with Crippen LogP contribution in [-0.4, -0.2) is 11.1 Å². The van der Waals surface area contributed by atoms with E-state index in [0.29, 0.717) is 17.6 Å². The summed E-state index contributed by atoms with van der Waals surface area (Å²) in [5.41, 5.74) is -0.200. The van der Waals surface area contributed by atoms with E-state index in [-0.39, 0.29) is 0 Å². The molecule has 0 amide bonds. The predicted octanol–water partition coefficient (Wildman–Crippen LogP) is 4.57. The second-order valence-electron chi connectivity index (χ2n) is 5.82. The summed E-state index contributed by atoms with van der Waals surface area (Å²) in [6.45, 7) is 2.07. The number of benzene rings is 1. The molecule has 2 atom stereocenters. The summed E-state index contributed by atoms with van der Waals surface area (Å²) in [5.74, 6) is -2.28. The first-order valence-corrected chi connectivity index (χ1v) is 7.84. The monoisotopic (exact) mass is 313 g/mol. The van der Waals surface area contributed by atoms with Crippen LogP contribution in [0.25, 0.3) is 5.57 Å². The van der Waals surface area contributed by atoms with Gasteiger partial charge in [-0.1, -0.05) is 62.6 Å². The molecule has 1 aromatic rings. The van der Waals surface area contributed by atoms with Crippen LogP contribution in [0.5, 0.6) is 0 Å². The van der Waals surface area contributed by atoms with Crippen LogP contribution in [-0.2, 0) is 4.79 Å². The number of rotatable bonds is 6. The molecule has 1 aliphatic rings. The second-order valence-corrected chi connectivity index (χ2v) is 5.82. The first-order valence-electron chi connectivity index (χ1n) is 7.84. The minimum atomic E-state index is -1.00. The number of halogens is 1. The summed E-state index contributed by atoms with van der Waals surface area (Å²) in [4.78, 5) is 11.3. The molecule has 1 aliphatic carbocycles. The zero-order chi connectivity index (χ0) is 16.9. The van der Waals surface area contributed by atoms with Gasteiger partial charge in [-0.25, -0.2) is 4.39 Å². The van der Waals surface area contributed by atoms with E-state index in [1.54, 1.807) is 24.3 Å². The lowest BCUT2D eigenvalue weighted by Gasteiger charge is -2.31. The van der Waals surface area contributed by atoms with Gasteiger partial charge in [0, 0.05) is 5.56 Å².